The molecule has 3 aromatic carbocycles. The lowest BCUT2D eigenvalue weighted by molar-refractivity contribution is 0.0348. The Labute approximate surface area is 227 Å². The first kappa shape index (κ1) is 26.5. The molecule has 0 spiro atoms. The maximum Gasteiger partial charge on any atom is 0.336 e. The summed E-state index contributed by atoms with van der Waals surface area (Å²) in [6.45, 7) is 4.61. The van der Waals surface area contributed by atoms with Gasteiger partial charge < -0.3 is 34.1 Å². The topological polar surface area (TPSA) is 109 Å². The summed E-state index contributed by atoms with van der Waals surface area (Å²) in [4.78, 5) is 4.63. The van der Waals surface area contributed by atoms with Gasteiger partial charge in [0.2, 0.25) is 6.79 Å². The SMILES string of the molecule is CCOCCOc1nc(-c2ccc3c(c2)OCO3)n(-c2ccc(NC[C@@H](O)COCc3ccccc3)cc2)n1. The minimum absolute atomic E-state index is 0.194. The predicted molar refractivity (Wildman–Crippen MR) is 146 cm³/mol. The summed E-state index contributed by atoms with van der Waals surface area (Å²) in [6.07, 6.45) is -0.641. The number of nitrogens with zero attached hydrogens (tertiary/aromatic N) is 3. The van der Waals surface area contributed by atoms with Crippen LogP contribution in [0.1, 0.15) is 12.5 Å². The molecule has 0 saturated heterocycles. The molecular weight excluding hydrogens is 500 g/mol. The molecule has 2 N–H and O–H groups in total. The third-order valence-corrected chi connectivity index (χ3v) is 5.96. The standard InChI is InChI=1S/C29H32N4O6/c1-2-35-14-15-37-29-31-28(22-8-13-26-27(16-22)39-20-38-26)33(32-29)24-11-9-23(10-12-24)30-17-25(34)19-36-18-21-6-4-3-5-7-21/h3-13,16,25,30,34H,2,14-15,17-20H2,1H3/t25-/m1/s1. The van der Waals surface area contributed by atoms with Gasteiger partial charge in [0.05, 0.1) is 31.6 Å². The maximum absolute atomic E-state index is 10.3. The van der Waals surface area contributed by atoms with E-state index in [4.69, 9.17) is 23.7 Å². The summed E-state index contributed by atoms with van der Waals surface area (Å²) in [5, 5.41) is 18.1. The molecule has 0 amide bonds. The van der Waals surface area contributed by atoms with Gasteiger partial charge in [0.1, 0.15) is 6.61 Å². The van der Waals surface area contributed by atoms with Crippen LogP contribution in [0.25, 0.3) is 17.1 Å². The number of ether oxygens (including phenoxy) is 5. The average Bonchev–Trinajstić information content (AvgIpc) is 3.62. The molecule has 0 saturated carbocycles. The first-order chi connectivity index (χ1) is 19.2. The zero-order valence-electron chi connectivity index (χ0n) is 21.8. The van der Waals surface area contributed by atoms with E-state index in [1.807, 2.05) is 79.7 Å². The summed E-state index contributed by atoms with van der Waals surface area (Å²) >= 11 is 0. The molecule has 204 valence electrons. The minimum Gasteiger partial charge on any atom is -0.460 e. The number of hydrogen-bond donors (Lipinski definition) is 2. The van der Waals surface area contributed by atoms with E-state index in [-0.39, 0.29) is 19.4 Å². The summed E-state index contributed by atoms with van der Waals surface area (Å²) in [5.41, 5.74) is 3.54. The van der Waals surface area contributed by atoms with Crippen LogP contribution in [0.3, 0.4) is 0 Å². The number of aliphatic hydroxyl groups excluding tert-OH is 1. The van der Waals surface area contributed by atoms with Gasteiger partial charge in [-0.3, -0.25) is 0 Å². The van der Waals surface area contributed by atoms with E-state index in [0.29, 0.717) is 50.3 Å². The van der Waals surface area contributed by atoms with Gasteiger partial charge in [0.25, 0.3) is 0 Å². The molecule has 39 heavy (non-hydrogen) atoms. The van der Waals surface area contributed by atoms with Crippen molar-refractivity contribution >= 4 is 5.69 Å². The van der Waals surface area contributed by atoms with Crippen molar-refractivity contribution in [3.8, 4) is 34.6 Å². The molecule has 10 nitrogen and oxygen atoms in total. The molecule has 1 aromatic heterocycles. The molecule has 5 rings (SSSR count). The third kappa shape index (κ3) is 7.05. The van der Waals surface area contributed by atoms with Crippen molar-refractivity contribution in [2.45, 2.75) is 19.6 Å². The molecule has 4 aromatic rings. The van der Waals surface area contributed by atoms with Crippen molar-refractivity contribution in [2.24, 2.45) is 0 Å². The number of rotatable bonds is 14. The fourth-order valence-electron chi connectivity index (χ4n) is 4.00. The Bertz CT molecular complexity index is 1330. The predicted octanol–water partition coefficient (Wildman–Crippen LogP) is 4.07. The van der Waals surface area contributed by atoms with Gasteiger partial charge in [-0.25, -0.2) is 4.68 Å². The molecule has 0 unspecified atom stereocenters. The van der Waals surface area contributed by atoms with Gasteiger partial charge in [-0.1, -0.05) is 30.3 Å². The molecular formula is C29H32N4O6. The number of benzene rings is 3. The second kappa shape index (κ2) is 13.1. The maximum atomic E-state index is 10.3. The Morgan fingerprint density at radius 3 is 2.62 bits per heavy atom. The highest BCUT2D eigenvalue weighted by molar-refractivity contribution is 5.64. The van der Waals surface area contributed by atoms with Crippen molar-refractivity contribution in [1.82, 2.24) is 14.8 Å². The smallest absolute Gasteiger partial charge is 0.336 e. The second-order valence-corrected chi connectivity index (χ2v) is 8.83. The number of hydrogen-bond acceptors (Lipinski definition) is 9. The highest BCUT2D eigenvalue weighted by Gasteiger charge is 2.19. The molecule has 1 atom stereocenters. The number of aromatic nitrogens is 3. The number of nitrogens with one attached hydrogen (secondary N) is 1. The molecule has 0 aliphatic carbocycles. The van der Waals surface area contributed by atoms with Crippen LogP contribution < -0.4 is 19.5 Å². The van der Waals surface area contributed by atoms with E-state index < -0.39 is 6.10 Å². The number of anilines is 1. The summed E-state index contributed by atoms with van der Waals surface area (Å²) < 4.78 is 29.4. The van der Waals surface area contributed by atoms with Crippen molar-refractivity contribution in [2.75, 3.05) is 45.1 Å². The van der Waals surface area contributed by atoms with Crippen LogP contribution in [-0.2, 0) is 16.1 Å². The Hall–Kier alpha value is -4.12. The van der Waals surface area contributed by atoms with Gasteiger partial charge in [0.15, 0.2) is 17.3 Å². The molecule has 0 fully saturated rings. The zero-order valence-corrected chi connectivity index (χ0v) is 21.8. The highest BCUT2D eigenvalue weighted by atomic mass is 16.7. The quantitative estimate of drug-likeness (QED) is 0.232. The van der Waals surface area contributed by atoms with Gasteiger partial charge in [-0.15, -0.1) is 5.10 Å². The van der Waals surface area contributed by atoms with E-state index in [1.165, 1.54) is 0 Å². The second-order valence-electron chi connectivity index (χ2n) is 8.83. The van der Waals surface area contributed by atoms with Gasteiger partial charge in [-0.2, -0.15) is 4.98 Å². The number of aliphatic hydroxyl groups is 1. The summed E-state index contributed by atoms with van der Waals surface area (Å²) in [5.74, 6) is 1.96. The van der Waals surface area contributed by atoms with Crippen LogP contribution in [0, 0.1) is 0 Å². The largest absolute Gasteiger partial charge is 0.460 e. The average molecular weight is 533 g/mol. The Kier molecular flexibility index (Phi) is 8.90. The van der Waals surface area contributed by atoms with Crippen LogP contribution in [0.4, 0.5) is 5.69 Å². The highest BCUT2D eigenvalue weighted by Crippen LogP contribution is 2.36. The van der Waals surface area contributed by atoms with Crippen LogP contribution in [-0.4, -0.2) is 65.7 Å². The lowest BCUT2D eigenvalue weighted by Gasteiger charge is -2.14. The number of fused-ring (bicyclic) bond motifs is 1. The first-order valence-corrected chi connectivity index (χ1v) is 12.9. The van der Waals surface area contributed by atoms with Gasteiger partial charge in [-0.05, 0) is 55.0 Å². The zero-order chi connectivity index (χ0) is 26.9. The fraction of sp³-hybridized carbons (Fsp3) is 0.310. The molecule has 1 aliphatic rings. The monoisotopic (exact) mass is 532 g/mol. The van der Waals surface area contributed by atoms with Crippen LogP contribution in [0.5, 0.6) is 17.5 Å². The van der Waals surface area contributed by atoms with E-state index in [1.54, 1.807) is 4.68 Å². The fourth-order valence-corrected chi connectivity index (χ4v) is 4.00. The molecule has 0 bridgehead atoms. The molecule has 0 radical (unpaired) electrons. The Morgan fingerprint density at radius 1 is 0.974 bits per heavy atom. The van der Waals surface area contributed by atoms with E-state index >= 15 is 0 Å². The van der Waals surface area contributed by atoms with E-state index in [2.05, 4.69) is 15.4 Å². The Balaban J connectivity index is 1.24. The lowest BCUT2D eigenvalue weighted by atomic mass is 10.2. The van der Waals surface area contributed by atoms with Crippen molar-refractivity contribution in [3.63, 3.8) is 0 Å². The molecule has 1 aliphatic heterocycles. The normalized spacial score (nSPS) is 12.9. The van der Waals surface area contributed by atoms with Crippen molar-refractivity contribution in [1.29, 1.82) is 0 Å². The lowest BCUT2D eigenvalue weighted by Crippen LogP contribution is -2.24. The van der Waals surface area contributed by atoms with Crippen molar-refractivity contribution in [3.05, 3.63) is 78.4 Å². The summed E-state index contributed by atoms with van der Waals surface area (Å²) in [7, 11) is 0. The first-order valence-electron chi connectivity index (χ1n) is 12.9. The molecule has 10 heteroatoms. The Morgan fingerprint density at radius 2 is 1.79 bits per heavy atom. The summed E-state index contributed by atoms with van der Waals surface area (Å²) in [6, 6.07) is 23.5. The van der Waals surface area contributed by atoms with Crippen LogP contribution >= 0.6 is 0 Å². The minimum atomic E-state index is -0.641. The van der Waals surface area contributed by atoms with Crippen molar-refractivity contribution < 1.29 is 28.8 Å². The van der Waals surface area contributed by atoms with E-state index in [0.717, 1.165) is 22.5 Å². The molecule has 2 heterocycles. The van der Waals surface area contributed by atoms with Gasteiger partial charge >= 0.3 is 6.01 Å². The van der Waals surface area contributed by atoms with Crippen LogP contribution in [0.15, 0.2) is 72.8 Å². The van der Waals surface area contributed by atoms with E-state index in [9.17, 15) is 5.11 Å². The van der Waals surface area contributed by atoms with Crippen LogP contribution in [0.2, 0.25) is 0 Å². The third-order valence-electron chi connectivity index (χ3n) is 5.96. The van der Waals surface area contributed by atoms with Gasteiger partial charge in [0, 0.05) is 24.4 Å².